The van der Waals surface area contributed by atoms with Crippen molar-refractivity contribution in [1.82, 2.24) is 24.8 Å². The van der Waals surface area contributed by atoms with Gasteiger partial charge in [0.15, 0.2) is 5.82 Å². The molecule has 5 rings (SSSR count). The second kappa shape index (κ2) is 10.2. The monoisotopic (exact) mass is 586 g/mol. The number of aryl methyl sites for hydroxylation is 1. The Labute approximate surface area is 228 Å². The lowest BCUT2D eigenvalue weighted by molar-refractivity contribution is -0.139. The van der Waals surface area contributed by atoms with Gasteiger partial charge in [0.1, 0.15) is 23.8 Å². The van der Waals surface area contributed by atoms with E-state index < -0.39 is 83.2 Å². The number of nitrogen functional groups attached to an aromatic ring is 1. The molecule has 3 aromatic rings. The summed E-state index contributed by atoms with van der Waals surface area (Å²) in [6.45, 7) is 0.873. The largest absolute Gasteiger partial charge is 0.418 e. The smallest absolute Gasteiger partial charge is 0.382 e. The number of aromatic nitrogens is 3. The maximum absolute atomic E-state index is 15.1. The topological polar surface area (TPSA) is 106 Å². The highest BCUT2D eigenvalue weighted by Crippen LogP contribution is 2.40. The third kappa shape index (κ3) is 5.40. The highest BCUT2D eigenvalue weighted by atomic mass is 19.4. The number of halogens is 7. The molecule has 3 heterocycles. The molecule has 0 radical (unpaired) electrons. The predicted molar refractivity (Wildman–Crippen MR) is 132 cm³/mol. The number of rotatable bonds is 4. The summed E-state index contributed by atoms with van der Waals surface area (Å²) in [5.74, 6) is -6.21. The van der Waals surface area contributed by atoms with Gasteiger partial charge in [-0.1, -0.05) is 0 Å². The zero-order valence-corrected chi connectivity index (χ0v) is 21.6. The molecule has 15 heteroatoms. The van der Waals surface area contributed by atoms with E-state index in [-0.39, 0.29) is 42.8 Å². The van der Waals surface area contributed by atoms with Crippen molar-refractivity contribution in [1.29, 1.82) is 0 Å². The molecule has 2 amide bonds. The van der Waals surface area contributed by atoms with Gasteiger partial charge in [0, 0.05) is 36.4 Å². The zero-order valence-electron chi connectivity index (χ0n) is 21.6. The molecule has 2 fully saturated rings. The number of nitrogens with zero attached hydrogens (tertiary/aromatic N) is 4. The van der Waals surface area contributed by atoms with Gasteiger partial charge in [-0.25, -0.2) is 27.1 Å². The van der Waals surface area contributed by atoms with Crippen LogP contribution in [0.15, 0.2) is 24.5 Å². The lowest BCUT2D eigenvalue weighted by atomic mass is 9.86. The average molecular weight is 587 g/mol. The molecule has 8 nitrogen and oxygen atoms in total. The first-order valence-corrected chi connectivity index (χ1v) is 12.8. The van der Waals surface area contributed by atoms with Crippen molar-refractivity contribution in [2.24, 2.45) is 5.92 Å². The number of carbonyl (C=O) groups excluding carboxylic acids is 2. The van der Waals surface area contributed by atoms with E-state index >= 15 is 4.39 Å². The van der Waals surface area contributed by atoms with E-state index in [2.05, 4.69) is 15.4 Å². The molecule has 1 saturated carbocycles. The van der Waals surface area contributed by atoms with E-state index in [1.54, 1.807) is 0 Å². The molecule has 2 aliphatic rings. The molecule has 2 aromatic heterocycles. The molecule has 1 saturated heterocycles. The average Bonchev–Trinajstić information content (AvgIpc) is 3.45. The summed E-state index contributed by atoms with van der Waals surface area (Å²) in [6, 6.07) is 1.50. The number of alkyl halides is 6. The first kappa shape index (κ1) is 28.6. The molecule has 0 spiro atoms. The molecule has 3 N–H and O–H groups in total. The summed E-state index contributed by atoms with van der Waals surface area (Å²) in [5.41, 5.74) is 3.12. The summed E-state index contributed by atoms with van der Waals surface area (Å²) in [7, 11) is 0. The number of likely N-dealkylation sites (tertiary alicyclic amines) is 1. The minimum Gasteiger partial charge on any atom is -0.382 e. The number of hydrogen-bond acceptors (Lipinski definition) is 5. The number of nitrogens with one attached hydrogen (secondary N) is 1. The van der Waals surface area contributed by atoms with Crippen LogP contribution in [0, 0.1) is 18.7 Å². The number of hydrogen-bond donors (Lipinski definition) is 2. The van der Waals surface area contributed by atoms with E-state index in [9.17, 15) is 35.9 Å². The van der Waals surface area contributed by atoms with Gasteiger partial charge < -0.3 is 16.0 Å². The van der Waals surface area contributed by atoms with Crippen LogP contribution < -0.4 is 11.1 Å². The fourth-order valence-electron chi connectivity index (χ4n) is 5.46. The summed E-state index contributed by atoms with van der Waals surface area (Å²) in [4.78, 5) is 30.8. The summed E-state index contributed by atoms with van der Waals surface area (Å²) in [5, 5.41) is 6.26. The van der Waals surface area contributed by atoms with E-state index in [1.165, 1.54) is 11.8 Å². The summed E-state index contributed by atoms with van der Waals surface area (Å²) in [6.07, 6.45) is -6.52. The molecule has 1 aliphatic carbocycles. The van der Waals surface area contributed by atoms with Crippen molar-refractivity contribution in [3.05, 3.63) is 47.0 Å². The Morgan fingerprint density at radius 1 is 1.12 bits per heavy atom. The quantitative estimate of drug-likeness (QED) is 0.437. The van der Waals surface area contributed by atoms with Crippen molar-refractivity contribution in [2.75, 3.05) is 18.8 Å². The van der Waals surface area contributed by atoms with Crippen LogP contribution in [-0.4, -0.2) is 62.5 Å². The fraction of sp³-hybridized carbons (Fsp3) is 0.462. The molecule has 41 heavy (non-hydrogen) atoms. The van der Waals surface area contributed by atoms with Crippen LogP contribution in [0.2, 0.25) is 0 Å². The highest BCUT2D eigenvalue weighted by molar-refractivity contribution is 5.97. The Bertz CT molecular complexity index is 1510. The van der Waals surface area contributed by atoms with Gasteiger partial charge in [0.2, 0.25) is 11.8 Å². The molecule has 1 aliphatic heterocycles. The van der Waals surface area contributed by atoms with Gasteiger partial charge in [-0.05, 0) is 43.5 Å². The number of nitrogens with two attached hydrogens (primary N) is 1. The number of amides is 2. The van der Waals surface area contributed by atoms with Crippen molar-refractivity contribution < 1.29 is 40.3 Å². The van der Waals surface area contributed by atoms with Crippen LogP contribution in [0.4, 0.5) is 36.6 Å². The SMILES string of the molecule is Cc1cc(F)c(-c2cc(C(F)(F)F)c3c(N)ncnn23)cc1C(=O)N[C@@H]1CN(C(=O)C2CCC(F)(F)CC2)C[C@@H]1F. The second-order valence-corrected chi connectivity index (χ2v) is 10.5. The minimum absolute atomic E-state index is 0.0189. The van der Waals surface area contributed by atoms with E-state index in [0.717, 1.165) is 23.0 Å². The maximum Gasteiger partial charge on any atom is 0.418 e. The Kier molecular flexibility index (Phi) is 7.10. The van der Waals surface area contributed by atoms with Crippen molar-refractivity contribution in [3.8, 4) is 11.3 Å². The van der Waals surface area contributed by atoms with Crippen LogP contribution >= 0.6 is 0 Å². The Hall–Kier alpha value is -3.91. The summed E-state index contributed by atoms with van der Waals surface area (Å²) >= 11 is 0. The molecule has 1 aromatic carbocycles. The molecule has 2 atom stereocenters. The van der Waals surface area contributed by atoms with Crippen molar-refractivity contribution in [2.45, 2.75) is 56.9 Å². The highest BCUT2D eigenvalue weighted by Gasteiger charge is 2.43. The Morgan fingerprint density at radius 3 is 2.46 bits per heavy atom. The molecule has 0 unspecified atom stereocenters. The van der Waals surface area contributed by atoms with Crippen molar-refractivity contribution in [3.63, 3.8) is 0 Å². The van der Waals surface area contributed by atoms with Gasteiger partial charge in [-0.2, -0.15) is 18.3 Å². The number of benzene rings is 1. The third-order valence-corrected chi connectivity index (χ3v) is 7.67. The minimum atomic E-state index is -4.87. The molecule has 220 valence electrons. The lowest BCUT2D eigenvalue weighted by Gasteiger charge is -2.30. The number of anilines is 1. The van der Waals surface area contributed by atoms with Gasteiger partial charge in [0.25, 0.3) is 5.91 Å². The van der Waals surface area contributed by atoms with Gasteiger partial charge in [0.05, 0.1) is 23.8 Å². The van der Waals surface area contributed by atoms with Crippen LogP contribution in [0.25, 0.3) is 16.8 Å². The molecular formula is C26H25F7N6O2. The normalized spacial score (nSPS) is 21.4. The number of carbonyl (C=O) groups is 2. The first-order chi connectivity index (χ1) is 19.2. The zero-order chi connectivity index (χ0) is 29.9. The summed E-state index contributed by atoms with van der Waals surface area (Å²) < 4.78 is 98.9. The standard InChI is InChI=1S/C26H25F7N6O2/c1-12-6-17(27)15(20-8-16(26(31,32)33)21-22(34)35-11-36-39(20)21)7-14(12)23(40)37-19-10-38(9-18(19)28)24(41)13-2-4-25(29,30)5-3-13/h6-8,11,13,18-19H,2-5,9-10H2,1H3,(H,37,40)(H2,34,35,36)/t18-,19+/m0/s1. The van der Waals surface area contributed by atoms with Crippen molar-refractivity contribution >= 4 is 23.1 Å². The third-order valence-electron chi connectivity index (χ3n) is 7.67. The Morgan fingerprint density at radius 2 is 1.80 bits per heavy atom. The van der Waals surface area contributed by atoms with Crippen LogP contribution in [-0.2, 0) is 11.0 Å². The van der Waals surface area contributed by atoms with Crippen LogP contribution in [0.1, 0.15) is 47.2 Å². The molecule has 0 bridgehead atoms. The fourth-order valence-corrected chi connectivity index (χ4v) is 5.46. The van der Waals surface area contributed by atoms with E-state index in [1.807, 2.05) is 0 Å². The van der Waals surface area contributed by atoms with Gasteiger partial charge in [-0.15, -0.1) is 0 Å². The van der Waals surface area contributed by atoms with E-state index in [0.29, 0.717) is 6.07 Å². The second-order valence-electron chi connectivity index (χ2n) is 10.5. The van der Waals surface area contributed by atoms with Crippen LogP contribution in [0.3, 0.4) is 0 Å². The lowest BCUT2D eigenvalue weighted by Crippen LogP contribution is -2.43. The first-order valence-electron chi connectivity index (χ1n) is 12.8. The van der Waals surface area contributed by atoms with Gasteiger partial charge in [-0.3, -0.25) is 9.59 Å². The van der Waals surface area contributed by atoms with E-state index in [4.69, 9.17) is 5.73 Å². The predicted octanol–water partition coefficient (Wildman–Crippen LogP) is 4.55. The Balaban J connectivity index is 1.39. The number of fused-ring (bicyclic) bond motifs is 1. The van der Waals surface area contributed by atoms with Gasteiger partial charge >= 0.3 is 6.18 Å². The molecular weight excluding hydrogens is 561 g/mol. The van der Waals surface area contributed by atoms with Crippen LogP contribution in [0.5, 0.6) is 0 Å². The maximum atomic E-state index is 15.1.